The van der Waals surface area contributed by atoms with Crippen molar-refractivity contribution < 1.29 is 14.5 Å². The number of piperazine rings is 1. The van der Waals surface area contributed by atoms with Gasteiger partial charge < -0.3 is 10.2 Å². The van der Waals surface area contributed by atoms with Crippen molar-refractivity contribution in [2.75, 3.05) is 31.5 Å². The van der Waals surface area contributed by atoms with E-state index in [9.17, 15) is 19.7 Å². The summed E-state index contributed by atoms with van der Waals surface area (Å²) in [6, 6.07) is 14.4. The van der Waals surface area contributed by atoms with Crippen LogP contribution in [0.2, 0.25) is 5.02 Å². The lowest BCUT2D eigenvalue weighted by molar-refractivity contribution is -0.384. The highest BCUT2D eigenvalue weighted by Gasteiger charge is 2.25. The van der Waals surface area contributed by atoms with Crippen molar-refractivity contribution >= 4 is 34.8 Å². The summed E-state index contributed by atoms with van der Waals surface area (Å²) in [5.74, 6) is -0.725. The van der Waals surface area contributed by atoms with Gasteiger partial charge in [-0.05, 0) is 35.9 Å². The minimum atomic E-state index is -0.585. The second-order valence-electron chi connectivity index (χ2n) is 7.84. The third-order valence-corrected chi connectivity index (χ3v) is 5.94. The van der Waals surface area contributed by atoms with Gasteiger partial charge in [-0.25, -0.2) is 0 Å². The van der Waals surface area contributed by atoms with Gasteiger partial charge in [0.1, 0.15) is 0 Å². The topological polar surface area (TPSA) is 109 Å². The Bertz CT molecular complexity index is 1210. The third kappa shape index (κ3) is 5.38. The summed E-state index contributed by atoms with van der Waals surface area (Å²) < 4.78 is 0. The van der Waals surface area contributed by atoms with E-state index in [1.165, 1.54) is 17.7 Å². The lowest BCUT2D eigenvalue weighted by Gasteiger charge is -2.35. The van der Waals surface area contributed by atoms with Gasteiger partial charge in [0.2, 0.25) is 0 Å². The van der Waals surface area contributed by atoms with Crippen LogP contribution in [0.25, 0.3) is 0 Å². The second-order valence-corrected chi connectivity index (χ2v) is 8.25. The Morgan fingerprint density at radius 1 is 1.00 bits per heavy atom. The number of benzene rings is 2. The van der Waals surface area contributed by atoms with E-state index in [1.807, 2.05) is 12.1 Å². The quantitative estimate of drug-likeness (QED) is 0.425. The molecule has 0 atom stereocenters. The molecule has 3 aromatic rings. The highest BCUT2D eigenvalue weighted by molar-refractivity contribution is 6.34. The van der Waals surface area contributed by atoms with Gasteiger partial charge >= 0.3 is 0 Å². The molecule has 10 heteroatoms. The van der Waals surface area contributed by atoms with Crippen LogP contribution in [0, 0.1) is 10.1 Å². The summed E-state index contributed by atoms with van der Waals surface area (Å²) in [5, 5.41) is 13.6. The molecule has 1 fully saturated rings. The molecule has 9 nitrogen and oxygen atoms in total. The molecular weight excluding hydrogens is 458 g/mol. The lowest BCUT2D eigenvalue weighted by atomic mass is 10.1. The summed E-state index contributed by atoms with van der Waals surface area (Å²) in [6.45, 7) is 3.41. The smallest absolute Gasteiger partial charge is 0.270 e. The number of nitrogens with zero attached hydrogens (tertiary/aromatic N) is 4. The van der Waals surface area contributed by atoms with Crippen LogP contribution in [0.5, 0.6) is 0 Å². The SMILES string of the molecule is O=C(Nc1ccccc1C(=O)N1CCN(Cc2ccncc2)CC1)c1ccc([N+](=O)[O-])cc1Cl. The Hall–Kier alpha value is -3.82. The number of nitrogens with one attached hydrogen (secondary N) is 1. The number of hydrogen-bond donors (Lipinski definition) is 1. The van der Waals surface area contributed by atoms with E-state index in [4.69, 9.17) is 11.6 Å². The largest absolute Gasteiger partial charge is 0.336 e. The zero-order valence-electron chi connectivity index (χ0n) is 18.2. The van der Waals surface area contributed by atoms with Crippen molar-refractivity contribution in [2.45, 2.75) is 6.54 Å². The van der Waals surface area contributed by atoms with Crippen molar-refractivity contribution in [1.29, 1.82) is 0 Å². The molecule has 1 aliphatic heterocycles. The molecule has 0 radical (unpaired) electrons. The maximum atomic E-state index is 13.2. The molecule has 0 aliphatic carbocycles. The molecule has 2 amide bonds. The van der Waals surface area contributed by atoms with Crippen LogP contribution in [0.15, 0.2) is 67.0 Å². The minimum absolute atomic E-state index is 0.0409. The van der Waals surface area contributed by atoms with E-state index < -0.39 is 10.8 Å². The first-order valence-corrected chi connectivity index (χ1v) is 11.0. The normalized spacial score (nSPS) is 14.0. The Labute approximate surface area is 201 Å². The number of aromatic nitrogens is 1. The van der Waals surface area contributed by atoms with Crippen molar-refractivity contribution in [2.24, 2.45) is 0 Å². The molecule has 0 spiro atoms. The molecule has 4 rings (SSSR count). The van der Waals surface area contributed by atoms with Gasteiger partial charge in [0.25, 0.3) is 17.5 Å². The first kappa shape index (κ1) is 23.3. The van der Waals surface area contributed by atoms with E-state index in [1.54, 1.807) is 41.6 Å². The number of amides is 2. The van der Waals surface area contributed by atoms with E-state index in [0.29, 0.717) is 24.3 Å². The molecule has 174 valence electrons. The predicted molar refractivity (Wildman–Crippen MR) is 128 cm³/mol. The molecule has 1 aliphatic rings. The lowest BCUT2D eigenvalue weighted by Crippen LogP contribution is -2.48. The number of pyridine rings is 1. The molecule has 1 N–H and O–H groups in total. The maximum Gasteiger partial charge on any atom is 0.270 e. The van der Waals surface area contributed by atoms with Gasteiger partial charge in [0, 0.05) is 57.3 Å². The van der Waals surface area contributed by atoms with Crippen LogP contribution in [0.1, 0.15) is 26.3 Å². The fourth-order valence-electron chi connectivity index (χ4n) is 3.80. The maximum absolute atomic E-state index is 13.2. The predicted octanol–water partition coefficient (Wildman–Crippen LogP) is 3.85. The van der Waals surface area contributed by atoms with Gasteiger partial charge in [-0.1, -0.05) is 23.7 Å². The van der Waals surface area contributed by atoms with Gasteiger partial charge in [0.05, 0.1) is 26.8 Å². The van der Waals surface area contributed by atoms with E-state index in [-0.39, 0.29) is 22.2 Å². The second kappa shape index (κ2) is 10.4. The molecule has 1 saturated heterocycles. The van der Waals surface area contributed by atoms with E-state index in [0.717, 1.165) is 25.7 Å². The summed E-state index contributed by atoms with van der Waals surface area (Å²) in [4.78, 5) is 44.4. The summed E-state index contributed by atoms with van der Waals surface area (Å²) in [7, 11) is 0. The Kier molecular flexibility index (Phi) is 7.15. The highest BCUT2D eigenvalue weighted by Crippen LogP contribution is 2.25. The minimum Gasteiger partial charge on any atom is -0.336 e. The first-order chi connectivity index (χ1) is 16.4. The average Bonchev–Trinajstić information content (AvgIpc) is 2.85. The Morgan fingerprint density at radius 3 is 2.38 bits per heavy atom. The number of nitro groups is 1. The van der Waals surface area contributed by atoms with Crippen LogP contribution >= 0.6 is 11.6 Å². The van der Waals surface area contributed by atoms with Crippen LogP contribution in [-0.4, -0.2) is 57.7 Å². The highest BCUT2D eigenvalue weighted by atomic mass is 35.5. The molecular formula is C24H22ClN5O4. The zero-order chi connectivity index (χ0) is 24.1. The number of non-ortho nitro benzene ring substituents is 1. The number of anilines is 1. The van der Waals surface area contributed by atoms with Crippen LogP contribution in [0.3, 0.4) is 0 Å². The number of carbonyl (C=O) groups excluding carboxylic acids is 2. The van der Waals surface area contributed by atoms with Gasteiger partial charge in [-0.3, -0.25) is 29.6 Å². The number of carbonyl (C=O) groups is 2. The fourth-order valence-corrected chi connectivity index (χ4v) is 4.06. The fraction of sp³-hybridized carbons (Fsp3) is 0.208. The van der Waals surface area contributed by atoms with Crippen molar-refractivity contribution in [3.63, 3.8) is 0 Å². The summed E-state index contributed by atoms with van der Waals surface area (Å²) in [6.07, 6.45) is 3.54. The van der Waals surface area contributed by atoms with E-state index in [2.05, 4.69) is 15.2 Å². The van der Waals surface area contributed by atoms with Crippen LogP contribution < -0.4 is 5.32 Å². The molecule has 0 unspecified atom stereocenters. The van der Waals surface area contributed by atoms with Crippen LogP contribution in [0.4, 0.5) is 11.4 Å². The van der Waals surface area contributed by atoms with Gasteiger partial charge in [0.15, 0.2) is 0 Å². The number of hydrogen-bond acceptors (Lipinski definition) is 6. The standard InChI is InChI=1S/C24H22ClN5O4/c25-21-15-18(30(33)34)5-6-19(21)23(31)27-22-4-2-1-3-20(22)24(32)29-13-11-28(12-14-29)16-17-7-9-26-10-8-17/h1-10,15H,11-14,16H2,(H,27,31). The monoisotopic (exact) mass is 479 g/mol. The average molecular weight is 480 g/mol. The molecule has 2 heterocycles. The van der Waals surface area contributed by atoms with Crippen molar-refractivity contribution in [1.82, 2.24) is 14.8 Å². The summed E-state index contributed by atoms with van der Waals surface area (Å²) >= 11 is 6.08. The molecule has 2 aromatic carbocycles. The molecule has 0 bridgehead atoms. The Morgan fingerprint density at radius 2 is 1.71 bits per heavy atom. The number of halogens is 1. The van der Waals surface area contributed by atoms with Gasteiger partial charge in [-0.15, -0.1) is 0 Å². The molecule has 0 saturated carbocycles. The zero-order valence-corrected chi connectivity index (χ0v) is 18.9. The molecule has 34 heavy (non-hydrogen) atoms. The first-order valence-electron chi connectivity index (χ1n) is 10.7. The summed E-state index contributed by atoms with van der Waals surface area (Å²) in [5.41, 5.74) is 1.77. The number of para-hydroxylation sites is 1. The van der Waals surface area contributed by atoms with Crippen molar-refractivity contribution in [3.8, 4) is 0 Å². The molecule has 1 aromatic heterocycles. The van der Waals surface area contributed by atoms with E-state index >= 15 is 0 Å². The third-order valence-electron chi connectivity index (χ3n) is 5.63. The van der Waals surface area contributed by atoms with Crippen LogP contribution in [-0.2, 0) is 6.54 Å². The number of nitro benzene ring substituents is 1. The Balaban J connectivity index is 1.43. The number of rotatable bonds is 6. The van der Waals surface area contributed by atoms with Crippen molar-refractivity contribution in [3.05, 3.63) is 98.8 Å². The van der Waals surface area contributed by atoms with Gasteiger partial charge in [-0.2, -0.15) is 0 Å².